The maximum Gasteiger partial charge on any atom is 0.330 e. The van der Waals surface area contributed by atoms with Gasteiger partial charge in [0.2, 0.25) is 0 Å². The number of hydrogen-bond donors (Lipinski definition) is 0. The van der Waals surface area contributed by atoms with Gasteiger partial charge in [0.1, 0.15) is 17.8 Å². The summed E-state index contributed by atoms with van der Waals surface area (Å²) in [6, 6.07) is 0. The van der Waals surface area contributed by atoms with Crippen molar-refractivity contribution in [1.29, 1.82) is 0 Å². The van der Waals surface area contributed by atoms with Gasteiger partial charge in [-0.3, -0.25) is 4.79 Å². The van der Waals surface area contributed by atoms with Gasteiger partial charge in [0.05, 0.1) is 12.7 Å². The van der Waals surface area contributed by atoms with E-state index in [0.717, 1.165) is 6.08 Å². The van der Waals surface area contributed by atoms with Crippen LogP contribution in [0.1, 0.15) is 20.8 Å². The molecule has 0 N–H and O–H groups in total. The molecule has 0 radical (unpaired) electrons. The maximum atomic E-state index is 11.5. The van der Waals surface area contributed by atoms with Crippen molar-refractivity contribution in [3.05, 3.63) is 12.7 Å². The lowest BCUT2D eigenvalue weighted by Gasteiger charge is -2.39. The molecule has 0 amide bonds. The molecule has 0 aromatic carbocycles. The monoisotopic (exact) mass is 296 g/mol. The number of rotatable bonds is 4. The van der Waals surface area contributed by atoms with Gasteiger partial charge in [-0.2, -0.15) is 0 Å². The largest absolute Gasteiger partial charge is 0.459 e. The predicted molar refractivity (Wildman–Crippen MR) is 71.3 cm³/mol. The molecule has 6 unspecified atom stereocenters. The van der Waals surface area contributed by atoms with E-state index in [0.29, 0.717) is 6.61 Å². The van der Waals surface area contributed by atoms with E-state index in [4.69, 9.17) is 18.9 Å². The van der Waals surface area contributed by atoms with E-state index >= 15 is 0 Å². The second-order valence-corrected chi connectivity index (χ2v) is 6.36. The van der Waals surface area contributed by atoms with Crippen LogP contribution in [0.2, 0.25) is 0 Å². The Bertz CT molecular complexity index is 485. The maximum absolute atomic E-state index is 11.5. The summed E-state index contributed by atoms with van der Waals surface area (Å²) >= 11 is 0. The molecule has 6 nitrogen and oxygen atoms in total. The summed E-state index contributed by atoms with van der Waals surface area (Å²) in [4.78, 5) is 22.9. The van der Waals surface area contributed by atoms with Crippen LogP contribution in [0.5, 0.6) is 0 Å². The molecule has 0 aromatic heterocycles. The van der Waals surface area contributed by atoms with Crippen LogP contribution < -0.4 is 0 Å². The summed E-state index contributed by atoms with van der Waals surface area (Å²) in [5.74, 6) is -0.731. The van der Waals surface area contributed by atoms with Crippen molar-refractivity contribution < 1.29 is 28.5 Å². The summed E-state index contributed by atoms with van der Waals surface area (Å²) in [6.07, 6.45) is 0.0144. The third-order valence-corrected chi connectivity index (χ3v) is 4.63. The van der Waals surface area contributed by atoms with E-state index in [1.54, 1.807) is 0 Å². The molecule has 3 aliphatic rings. The quantitative estimate of drug-likeness (QED) is 0.565. The van der Waals surface area contributed by atoms with Gasteiger partial charge in [0.25, 0.3) is 0 Å². The fourth-order valence-electron chi connectivity index (χ4n) is 4.07. The molecule has 0 spiro atoms. The lowest BCUT2D eigenvalue weighted by Crippen LogP contribution is -2.53. The highest BCUT2D eigenvalue weighted by atomic mass is 16.6. The molecule has 0 saturated carbocycles. The third kappa shape index (κ3) is 2.17. The second kappa shape index (κ2) is 4.81. The highest BCUT2D eigenvalue weighted by Gasteiger charge is 2.68. The number of ether oxygens (including phenoxy) is 4. The summed E-state index contributed by atoms with van der Waals surface area (Å²) in [5.41, 5.74) is -0.701. The van der Waals surface area contributed by atoms with Crippen LogP contribution in [0.4, 0.5) is 0 Å². The van der Waals surface area contributed by atoms with Crippen molar-refractivity contribution in [3.8, 4) is 0 Å². The minimum Gasteiger partial charge on any atom is -0.459 e. The Morgan fingerprint density at radius 1 is 1.29 bits per heavy atom. The van der Waals surface area contributed by atoms with Crippen LogP contribution in [0, 0.1) is 11.8 Å². The van der Waals surface area contributed by atoms with Gasteiger partial charge in [0, 0.05) is 24.8 Å². The molecule has 6 heteroatoms. The zero-order valence-corrected chi connectivity index (χ0v) is 12.4. The first-order chi connectivity index (χ1) is 9.85. The Kier molecular flexibility index (Phi) is 3.33. The summed E-state index contributed by atoms with van der Waals surface area (Å²) in [6.45, 7) is 9.05. The first kappa shape index (κ1) is 14.5. The second-order valence-electron chi connectivity index (χ2n) is 6.36. The fourth-order valence-corrected chi connectivity index (χ4v) is 4.07. The van der Waals surface area contributed by atoms with Gasteiger partial charge < -0.3 is 18.9 Å². The smallest absolute Gasteiger partial charge is 0.330 e. The van der Waals surface area contributed by atoms with E-state index < -0.39 is 17.7 Å². The van der Waals surface area contributed by atoms with E-state index in [-0.39, 0.29) is 36.1 Å². The van der Waals surface area contributed by atoms with Crippen LogP contribution in [0.25, 0.3) is 0 Å². The number of carbonyl (C=O) groups is 2. The molecule has 3 rings (SSSR count). The van der Waals surface area contributed by atoms with E-state index in [1.807, 2.05) is 13.8 Å². The van der Waals surface area contributed by atoms with Crippen molar-refractivity contribution >= 4 is 11.9 Å². The lowest BCUT2D eigenvalue weighted by molar-refractivity contribution is -0.168. The Morgan fingerprint density at radius 3 is 2.62 bits per heavy atom. The minimum atomic E-state index is -0.701. The highest BCUT2D eigenvalue weighted by Crippen LogP contribution is 2.54. The standard InChI is InChI=1S/C15H20O6/c1-5-9(17)19-14-12-10(15(3,4)21-7(2)16)8-6-18-13(14)11(8)20-12/h5,8,10-14H,1,6H2,2-4H3. The molecule has 21 heavy (non-hydrogen) atoms. The average molecular weight is 296 g/mol. The molecule has 0 aliphatic carbocycles. The number of carbonyl (C=O) groups excluding carboxylic acids is 2. The predicted octanol–water partition coefficient (Wildman–Crippen LogP) is 0.838. The highest BCUT2D eigenvalue weighted by molar-refractivity contribution is 5.81. The van der Waals surface area contributed by atoms with Crippen molar-refractivity contribution in [2.24, 2.45) is 11.8 Å². The van der Waals surface area contributed by atoms with Gasteiger partial charge in [-0.1, -0.05) is 6.58 Å². The minimum absolute atomic E-state index is 0.0623. The van der Waals surface area contributed by atoms with Crippen molar-refractivity contribution in [2.75, 3.05) is 6.61 Å². The number of hydrogen-bond acceptors (Lipinski definition) is 6. The molecule has 3 fully saturated rings. The molecule has 6 atom stereocenters. The number of fused-ring (bicyclic) bond motifs is 1. The summed E-state index contributed by atoms with van der Waals surface area (Å²) < 4.78 is 22.6. The van der Waals surface area contributed by atoms with Gasteiger partial charge in [-0.15, -0.1) is 0 Å². The van der Waals surface area contributed by atoms with Crippen LogP contribution >= 0.6 is 0 Å². The van der Waals surface area contributed by atoms with E-state index in [2.05, 4.69) is 6.58 Å². The summed E-state index contributed by atoms with van der Waals surface area (Å²) in [7, 11) is 0. The zero-order chi connectivity index (χ0) is 15.4. The third-order valence-electron chi connectivity index (χ3n) is 4.63. The SMILES string of the molecule is C=CC(=O)OC1C2OCC3C2OC1C3C(C)(C)OC(C)=O. The molecule has 3 heterocycles. The topological polar surface area (TPSA) is 71.1 Å². The normalized spacial score (nSPS) is 40.1. The Hall–Kier alpha value is -1.40. The van der Waals surface area contributed by atoms with Crippen LogP contribution in [-0.2, 0) is 28.5 Å². The van der Waals surface area contributed by atoms with Gasteiger partial charge >= 0.3 is 11.9 Å². The zero-order valence-electron chi connectivity index (χ0n) is 12.4. The first-order valence-corrected chi connectivity index (χ1v) is 7.15. The van der Waals surface area contributed by atoms with Crippen molar-refractivity contribution in [2.45, 2.75) is 50.8 Å². The Morgan fingerprint density at radius 2 is 2.00 bits per heavy atom. The van der Waals surface area contributed by atoms with Crippen LogP contribution in [0.15, 0.2) is 12.7 Å². The fraction of sp³-hybridized carbons (Fsp3) is 0.733. The van der Waals surface area contributed by atoms with Gasteiger partial charge in [-0.25, -0.2) is 4.79 Å². The van der Waals surface area contributed by atoms with E-state index in [9.17, 15) is 9.59 Å². The molecule has 116 valence electrons. The summed E-state index contributed by atoms with van der Waals surface area (Å²) in [5, 5.41) is 0. The molecular weight excluding hydrogens is 276 g/mol. The van der Waals surface area contributed by atoms with Crippen molar-refractivity contribution in [1.82, 2.24) is 0 Å². The molecule has 3 saturated heterocycles. The molecule has 2 bridgehead atoms. The van der Waals surface area contributed by atoms with Gasteiger partial charge in [-0.05, 0) is 13.8 Å². The average Bonchev–Trinajstić information content (AvgIpc) is 2.97. The molecular formula is C15H20O6. The lowest BCUT2D eigenvalue weighted by atomic mass is 9.71. The molecule has 0 aromatic rings. The van der Waals surface area contributed by atoms with Crippen molar-refractivity contribution in [3.63, 3.8) is 0 Å². The van der Waals surface area contributed by atoms with Gasteiger partial charge in [0.15, 0.2) is 6.10 Å². The first-order valence-electron chi connectivity index (χ1n) is 7.15. The van der Waals surface area contributed by atoms with E-state index in [1.165, 1.54) is 6.92 Å². The number of esters is 2. The van der Waals surface area contributed by atoms with Crippen LogP contribution in [0.3, 0.4) is 0 Å². The Balaban J connectivity index is 1.85. The Labute approximate surface area is 123 Å². The molecule has 3 aliphatic heterocycles. The van der Waals surface area contributed by atoms with Crippen LogP contribution in [-0.4, -0.2) is 48.6 Å².